The Bertz CT molecular complexity index is 91.0. The summed E-state index contributed by atoms with van der Waals surface area (Å²) in [6.45, 7) is 2.90. The van der Waals surface area contributed by atoms with Gasteiger partial charge in [0.05, 0.1) is 13.2 Å². The fourth-order valence-corrected chi connectivity index (χ4v) is 0.740. The molecule has 0 bridgehead atoms. The lowest BCUT2D eigenvalue weighted by molar-refractivity contribution is 0.0244. The largest absolute Gasteiger partial charge is 0.379 e. The maximum Gasteiger partial charge on any atom is 0.324 e. The monoisotopic (exact) mass is 129 g/mol. The lowest BCUT2D eigenvalue weighted by Crippen LogP contribution is -2.44. The summed E-state index contributed by atoms with van der Waals surface area (Å²) in [4.78, 5) is 9.75. The Morgan fingerprint density at radius 2 is 2.11 bits per heavy atom. The van der Waals surface area contributed by atoms with Crippen LogP contribution in [0.4, 0.5) is 0 Å². The molecule has 1 heterocycles. The summed E-state index contributed by atoms with van der Waals surface area (Å²) >= 11 is 0. The van der Waals surface area contributed by atoms with Crippen LogP contribution >= 0.6 is 0 Å². The second kappa shape index (κ2) is 3.42. The number of rotatable bonds is 2. The highest BCUT2D eigenvalue weighted by Crippen LogP contribution is 1.89. The van der Waals surface area contributed by atoms with Crippen molar-refractivity contribution in [1.82, 2.24) is 10.4 Å². The predicted octanol–water partition coefficient (Wildman–Crippen LogP) is -1.11. The summed E-state index contributed by atoms with van der Waals surface area (Å²) in [6, 6.07) is 0. The molecular formula is C5H9N2O2. The number of hydrogen-bond acceptors (Lipinski definition) is 3. The average Bonchev–Trinajstić information content (AvgIpc) is 1.91. The smallest absolute Gasteiger partial charge is 0.324 e. The molecular weight excluding hydrogens is 120 g/mol. The van der Waals surface area contributed by atoms with Gasteiger partial charge in [0.2, 0.25) is 0 Å². The minimum atomic E-state index is 0.689. The number of hydrazine groups is 1. The summed E-state index contributed by atoms with van der Waals surface area (Å²) < 4.78 is 5.03. The molecule has 0 unspecified atom stereocenters. The van der Waals surface area contributed by atoms with E-state index >= 15 is 0 Å². The van der Waals surface area contributed by atoms with Crippen molar-refractivity contribution >= 4 is 6.41 Å². The third-order valence-corrected chi connectivity index (χ3v) is 1.21. The zero-order chi connectivity index (χ0) is 6.53. The summed E-state index contributed by atoms with van der Waals surface area (Å²) in [6.07, 6.45) is 1.61. The highest BCUT2D eigenvalue weighted by Gasteiger charge is 2.07. The van der Waals surface area contributed by atoms with Crippen LogP contribution in [0, 0.1) is 0 Å². The van der Waals surface area contributed by atoms with Crippen LogP contribution in [-0.4, -0.2) is 37.7 Å². The average molecular weight is 129 g/mol. The van der Waals surface area contributed by atoms with Crippen LogP contribution in [0.15, 0.2) is 0 Å². The molecule has 0 saturated carbocycles. The molecule has 1 fully saturated rings. The van der Waals surface area contributed by atoms with Crippen LogP contribution in [-0.2, 0) is 9.53 Å². The lowest BCUT2D eigenvalue weighted by Gasteiger charge is -2.24. The van der Waals surface area contributed by atoms with E-state index in [0.29, 0.717) is 13.2 Å². The van der Waals surface area contributed by atoms with Crippen molar-refractivity contribution < 1.29 is 9.53 Å². The minimum Gasteiger partial charge on any atom is -0.379 e. The zero-order valence-electron chi connectivity index (χ0n) is 5.09. The molecule has 4 nitrogen and oxygen atoms in total. The van der Waals surface area contributed by atoms with Gasteiger partial charge >= 0.3 is 6.41 Å². The van der Waals surface area contributed by atoms with E-state index in [4.69, 9.17) is 4.74 Å². The summed E-state index contributed by atoms with van der Waals surface area (Å²) in [5, 5.41) is 1.77. The minimum absolute atomic E-state index is 0.689. The Morgan fingerprint density at radius 3 is 2.67 bits per heavy atom. The molecule has 0 aliphatic carbocycles. The molecule has 0 aromatic carbocycles. The second-order valence-electron chi connectivity index (χ2n) is 1.81. The quantitative estimate of drug-likeness (QED) is 0.481. The van der Waals surface area contributed by atoms with Crippen molar-refractivity contribution in [2.24, 2.45) is 0 Å². The van der Waals surface area contributed by atoms with Crippen LogP contribution in [0.5, 0.6) is 0 Å². The number of carbonyl (C=O) groups excluding carboxylic acids is 1. The number of nitrogens with one attached hydrogen (secondary N) is 1. The van der Waals surface area contributed by atoms with Gasteiger partial charge in [-0.05, 0) is 0 Å². The molecule has 4 heteroatoms. The molecule has 51 valence electrons. The van der Waals surface area contributed by atoms with Crippen molar-refractivity contribution in [2.75, 3.05) is 26.3 Å². The summed E-state index contributed by atoms with van der Waals surface area (Å²) in [5.41, 5.74) is 2.43. The van der Waals surface area contributed by atoms with Gasteiger partial charge in [0.1, 0.15) is 0 Å². The van der Waals surface area contributed by atoms with E-state index in [0.717, 1.165) is 13.1 Å². The van der Waals surface area contributed by atoms with E-state index in [1.807, 2.05) is 0 Å². The van der Waals surface area contributed by atoms with Gasteiger partial charge in [0.15, 0.2) is 0 Å². The molecule has 1 aliphatic heterocycles. The van der Waals surface area contributed by atoms with E-state index in [2.05, 4.69) is 5.43 Å². The van der Waals surface area contributed by atoms with E-state index in [9.17, 15) is 4.79 Å². The van der Waals surface area contributed by atoms with E-state index in [1.165, 1.54) is 0 Å². The SMILES string of the molecule is O=[C]NN1CCOCC1. The Hall–Kier alpha value is -0.610. The molecule has 0 spiro atoms. The summed E-state index contributed by atoms with van der Waals surface area (Å²) in [7, 11) is 0. The van der Waals surface area contributed by atoms with Gasteiger partial charge in [-0.2, -0.15) is 0 Å². The van der Waals surface area contributed by atoms with E-state index in [-0.39, 0.29) is 0 Å². The molecule has 1 saturated heterocycles. The highest BCUT2D eigenvalue weighted by molar-refractivity contribution is 5.46. The standard InChI is InChI=1S/C5H9N2O2/c8-5-6-7-1-3-9-4-2-7/h1-4H2,(H,6,8). The van der Waals surface area contributed by atoms with Crippen LogP contribution in [0.25, 0.3) is 0 Å². The van der Waals surface area contributed by atoms with Crippen LogP contribution < -0.4 is 5.43 Å². The Kier molecular flexibility index (Phi) is 2.48. The van der Waals surface area contributed by atoms with Gasteiger partial charge in [0, 0.05) is 13.1 Å². The Morgan fingerprint density at radius 1 is 1.44 bits per heavy atom. The third-order valence-electron chi connectivity index (χ3n) is 1.21. The Labute approximate surface area is 53.7 Å². The molecule has 1 rings (SSSR count). The second-order valence-corrected chi connectivity index (χ2v) is 1.81. The fraction of sp³-hybridized carbons (Fsp3) is 0.800. The summed E-state index contributed by atoms with van der Waals surface area (Å²) in [5.74, 6) is 0. The highest BCUT2D eigenvalue weighted by atomic mass is 16.5. The predicted molar refractivity (Wildman–Crippen MR) is 31.2 cm³/mol. The molecule has 1 N–H and O–H groups in total. The lowest BCUT2D eigenvalue weighted by atomic mass is 10.5. The maximum atomic E-state index is 9.75. The maximum absolute atomic E-state index is 9.75. The molecule has 1 radical (unpaired) electrons. The van der Waals surface area contributed by atoms with E-state index < -0.39 is 0 Å². The molecule has 0 aromatic heterocycles. The van der Waals surface area contributed by atoms with Gasteiger partial charge in [-0.1, -0.05) is 0 Å². The molecule has 1 amide bonds. The van der Waals surface area contributed by atoms with Crippen LogP contribution in [0.2, 0.25) is 0 Å². The van der Waals surface area contributed by atoms with Crippen LogP contribution in [0.3, 0.4) is 0 Å². The molecule has 1 aliphatic rings. The number of morpholine rings is 1. The number of amides is 1. The van der Waals surface area contributed by atoms with Crippen molar-refractivity contribution in [2.45, 2.75) is 0 Å². The molecule has 9 heavy (non-hydrogen) atoms. The number of hydrogen-bond donors (Lipinski definition) is 1. The number of ether oxygens (including phenoxy) is 1. The first-order chi connectivity index (χ1) is 4.43. The normalized spacial score (nSPS) is 21.3. The van der Waals surface area contributed by atoms with Crippen molar-refractivity contribution in [3.63, 3.8) is 0 Å². The van der Waals surface area contributed by atoms with Gasteiger partial charge in [-0.15, -0.1) is 0 Å². The first kappa shape index (κ1) is 6.51. The fourth-order valence-electron chi connectivity index (χ4n) is 0.740. The van der Waals surface area contributed by atoms with Gasteiger partial charge < -0.3 is 4.74 Å². The van der Waals surface area contributed by atoms with Crippen molar-refractivity contribution in [3.05, 3.63) is 0 Å². The zero-order valence-corrected chi connectivity index (χ0v) is 5.09. The first-order valence-corrected chi connectivity index (χ1v) is 2.89. The van der Waals surface area contributed by atoms with Crippen LogP contribution in [0.1, 0.15) is 0 Å². The third kappa shape index (κ3) is 1.99. The Balaban J connectivity index is 2.15. The van der Waals surface area contributed by atoms with Gasteiger partial charge in [0.25, 0.3) is 0 Å². The van der Waals surface area contributed by atoms with E-state index in [1.54, 1.807) is 11.4 Å². The van der Waals surface area contributed by atoms with Gasteiger partial charge in [-0.25, -0.2) is 5.01 Å². The number of nitrogens with zero attached hydrogens (tertiary/aromatic N) is 1. The van der Waals surface area contributed by atoms with Crippen molar-refractivity contribution in [3.8, 4) is 0 Å². The van der Waals surface area contributed by atoms with Crippen molar-refractivity contribution in [1.29, 1.82) is 0 Å². The first-order valence-electron chi connectivity index (χ1n) is 2.89. The molecule has 0 aromatic rings. The molecule has 0 atom stereocenters. The topological polar surface area (TPSA) is 41.6 Å². The van der Waals surface area contributed by atoms with Gasteiger partial charge in [-0.3, -0.25) is 10.2 Å².